The number of ether oxygens (including phenoxy) is 1. The highest BCUT2D eigenvalue weighted by Gasteiger charge is 2.03. The molecule has 0 aromatic heterocycles. The molecular formula is C15H15ClN2O3. The van der Waals surface area contributed by atoms with Crippen LogP contribution in [0.15, 0.2) is 48.5 Å². The summed E-state index contributed by atoms with van der Waals surface area (Å²) in [7, 11) is 0. The van der Waals surface area contributed by atoms with Gasteiger partial charge in [0.15, 0.2) is 6.61 Å². The number of hydrogen-bond acceptors (Lipinski definition) is 4. The predicted octanol–water partition coefficient (Wildman–Crippen LogP) is 2.25. The van der Waals surface area contributed by atoms with Crippen LogP contribution < -0.4 is 15.6 Å². The third kappa shape index (κ3) is 4.98. The number of hydrazine groups is 1. The molecule has 0 fully saturated rings. The number of rotatable bonds is 6. The molecule has 0 aliphatic rings. The molecule has 0 aliphatic heterocycles. The minimum absolute atomic E-state index is 0.116. The van der Waals surface area contributed by atoms with E-state index in [-0.39, 0.29) is 18.3 Å². The number of para-hydroxylation sites is 1. The van der Waals surface area contributed by atoms with Gasteiger partial charge in [0.1, 0.15) is 11.5 Å². The Balaban J connectivity index is 1.70. The van der Waals surface area contributed by atoms with Gasteiger partial charge in [0.25, 0.3) is 5.91 Å². The number of nitrogens with one attached hydrogen (secondary N) is 2. The van der Waals surface area contributed by atoms with E-state index in [1.165, 1.54) is 0 Å². The molecule has 2 rings (SSSR count). The molecule has 1 amide bonds. The summed E-state index contributed by atoms with van der Waals surface area (Å²) >= 11 is 5.75. The van der Waals surface area contributed by atoms with Gasteiger partial charge < -0.3 is 9.84 Å². The van der Waals surface area contributed by atoms with Crippen molar-refractivity contribution < 1.29 is 14.6 Å². The first-order chi connectivity index (χ1) is 10.1. The molecule has 0 radical (unpaired) electrons. The summed E-state index contributed by atoms with van der Waals surface area (Å²) in [5.74, 6) is 0.423. The van der Waals surface area contributed by atoms with Crippen LogP contribution in [0.25, 0.3) is 0 Å². The Morgan fingerprint density at radius 2 is 1.86 bits per heavy atom. The van der Waals surface area contributed by atoms with Crippen LogP contribution in [0.4, 0.5) is 0 Å². The van der Waals surface area contributed by atoms with Gasteiger partial charge >= 0.3 is 0 Å². The summed E-state index contributed by atoms with van der Waals surface area (Å²) in [4.78, 5) is 11.6. The van der Waals surface area contributed by atoms with Gasteiger partial charge in [-0.1, -0.05) is 29.8 Å². The third-order valence-corrected chi connectivity index (χ3v) is 2.93. The fourth-order valence-corrected chi connectivity index (χ4v) is 1.74. The summed E-state index contributed by atoms with van der Waals surface area (Å²) in [6.07, 6.45) is 0. The summed E-state index contributed by atoms with van der Waals surface area (Å²) < 4.78 is 5.29. The van der Waals surface area contributed by atoms with Crippen molar-refractivity contribution in [2.24, 2.45) is 0 Å². The number of carbonyl (C=O) groups excluding carboxylic acids is 1. The van der Waals surface area contributed by atoms with E-state index in [4.69, 9.17) is 16.3 Å². The third-order valence-electron chi connectivity index (χ3n) is 2.68. The van der Waals surface area contributed by atoms with Crippen LogP contribution in [0, 0.1) is 0 Å². The number of phenolic OH excluding ortho intramolecular Hbond substituents is 1. The highest BCUT2D eigenvalue weighted by molar-refractivity contribution is 6.30. The van der Waals surface area contributed by atoms with Gasteiger partial charge in [0.2, 0.25) is 0 Å². The van der Waals surface area contributed by atoms with Gasteiger partial charge in [0.05, 0.1) is 0 Å². The van der Waals surface area contributed by atoms with Crippen LogP contribution in [0.5, 0.6) is 11.5 Å². The van der Waals surface area contributed by atoms with Gasteiger partial charge in [-0.25, -0.2) is 5.43 Å². The van der Waals surface area contributed by atoms with Crippen LogP contribution in [0.3, 0.4) is 0 Å². The largest absolute Gasteiger partial charge is 0.508 e. The van der Waals surface area contributed by atoms with Gasteiger partial charge in [-0.3, -0.25) is 10.2 Å². The molecule has 5 nitrogen and oxygen atoms in total. The standard InChI is InChI=1S/C15H15ClN2O3/c16-12-5-7-13(8-6-12)21-10-15(20)18-17-9-11-3-1-2-4-14(11)19/h1-8,17,19H,9-10H2,(H,18,20). The summed E-state index contributed by atoms with van der Waals surface area (Å²) in [5, 5.41) is 10.2. The van der Waals surface area contributed by atoms with E-state index in [0.717, 1.165) is 0 Å². The molecule has 0 bridgehead atoms. The predicted molar refractivity (Wildman–Crippen MR) is 80.0 cm³/mol. The molecule has 21 heavy (non-hydrogen) atoms. The summed E-state index contributed by atoms with van der Waals surface area (Å²) in [6.45, 7) is 0.203. The van der Waals surface area contributed by atoms with E-state index in [1.807, 2.05) is 6.07 Å². The topological polar surface area (TPSA) is 70.6 Å². The molecule has 0 aliphatic carbocycles. The number of hydrogen-bond donors (Lipinski definition) is 3. The maximum Gasteiger partial charge on any atom is 0.271 e. The fourth-order valence-electron chi connectivity index (χ4n) is 1.61. The molecule has 6 heteroatoms. The molecule has 0 unspecified atom stereocenters. The van der Waals surface area contributed by atoms with E-state index in [1.54, 1.807) is 42.5 Å². The number of carbonyl (C=O) groups is 1. The molecule has 3 N–H and O–H groups in total. The average Bonchev–Trinajstić information content (AvgIpc) is 2.49. The van der Waals surface area contributed by atoms with Crippen LogP contribution in [-0.2, 0) is 11.3 Å². The van der Waals surface area contributed by atoms with Crippen LogP contribution in [0.1, 0.15) is 5.56 Å². The second kappa shape index (κ2) is 7.52. The van der Waals surface area contributed by atoms with Gasteiger partial charge in [-0.05, 0) is 30.3 Å². The Bertz CT molecular complexity index is 602. The molecule has 110 valence electrons. The zero-order valence-corrected chi connectivity index (χ0v) is 11.9. The quantitative estimate of drug-likeness (QED) is 0.716. The van der Waals surface area contributed by atoms with Crippen LogP contribution in [-0.4, -0.2) is 17.6 Å². The Labute approximate surface area is 127 Å². The van der Waals surface area contributed by atoms with E-state index in [2.05, 4.69) is 10.9 Å². The number of phenols is 1. The molecule has 0 saturated carbocycles. The van der Waals surface area contributed by atoms with Crippen molar-refractivity contribution in [3.8, 4) is 11.5 Å². The van der Waals surface area contributed by atoms with E-state index < -0.39 is 0 Å². The fraction of sp³-hybridized carbons (Fsp3) is 0.133. The molecule has 2 aromatic carbocycles. The minimum atomic E-state index is -0.319. The van der Waals surface area contributed by atoms with E-state index in [9.17, 15) is 9.90 Å². The lowest BCUT2D eigenvalue weighted by Gasteiger charge is -2.09. The van der Waals surface area contributed by atoms with Gasteiger partial charge in [-0.15, -0.1) is 0 Å². The Kier molecular flexibility index (Phi) is 5.43. The lowest BCUT2D eigenvalue weighted by Crippen LogP contribution is -2.39. The zero-order chi connectivity index (χ0) is 15.1. The lowest BCUT2D eigenvalue weighted by atomic mass is 10.2. The number of halogens is 1. The van der Waals surface area contributed by atoms with Crippen LogP contribution in [0.2, 0.25) is 5.02 Å². The molecule has 0 heterocycles. The normalized spacial score (nSPS) is 10.1. The van der Waals surface area contributed by atoms with Gasteiger partial charge in [0, 0.05) is 17.1 Å². The van der Waals surface area contributed by atoms with Crippen molar-refractivity contribution in [3.05, 3.63) is 59.1 Å². The zero-order valence-electron chi connectivity index (χ0n) is 11.2. The molecular weight excluding hydrogens is 292 g/mol. The van der Waals surface area contributed by atoms with Crippen molar-refractivity contribution in [3.63, 3.8) is 0 Å². The van der Waals surface area contributed by atoms with Crippen molar-refractivity contribution in [2.45, 2.75) is 6.54 Å². The second-order valence-electron chi connectivity index (χ2n) is 4.27. The number of benzene rings is 2. The average molecular weight is 307 g/mol. The van der Waals surface area contributed by atoms with Gasteiger partial charge in [-0.2, -0.15) is 0 Å². The molecule has 0 spiro atoms. The van der Waals surface area contributed by atoms with Crippen molar-refractivity contribution in [2.75, 3.05) is 6.61 Å². The first kappa shape index (κ1) is 15.2. The first-order valence-corrected chi connectivity index (χ1v) is 6.70. The monoisotopic (exact) mass is 306 g/mol. The Morgan fingerprint density at radius 3 is 2.57 bits per heavy atom. The maximum atomic E-state index is 11.6. The lowest BCUT2D eigenvalue weighted by molar-refractivity contribution is -0.124. The van der Waals surface area contributed by atoms with Crippen molar-refractivity contribution >= 4 is 17.5 Å². The van der Waals surface area contributed by atoms with Crippen molar-refractivity contribution in [1.29, 1.82) is 0 Å². The van der Waals surface area contributed by atoms with E-state index in [0.29, 0.717) is 22.9 Å². The highest BCUT2D eigenvalue weighted by Crippen LogP contribution is 2.15. The number of aromatic hydroxyl groups is 1. The molecule has 0 atom stereocenters. The second-order valence-corrected chi connectivity index (χ2v) is 4.71. The summed E-state index contributed by atoms with van der Waals surface area (Å²) in [5.41, 5.74) is 5.91. The Morgan fingerprint density at radius 1 is 1.14 bits per heavy atom. The van der Waals surface area contributed by atoms with Crippen molar-refractivity contribution in [1.82, 2.24) is 10.9 Å². The smallest absolute Gasteiger partial charge is 0.271 e. The minimum Gasteiger partial charge on any atom is -0.508 e. The molecule has 0 saturated heterocycles. The summed E-state index contributed by atoms with van der Waals surface area (Å²) in [6, 6.07) is 13.6. The SMILES string of the molecule is O=C(COc1ccc(Cl)cc1)NNCc1ccccc1O. The van der Waals surface area contributed by atoms with E-state index >= 15 is 0 Å². The number of amides is 1. The first-order valence-electron chi connectivity index (χ1n) is 6.32. The Hall–Kier alpha value is -2.24. The molecule has 2 aromatic rings. The van der Waals surface area contributed by atoms with Crippen LogP contribution >= 0.6 is 11.6 Å². The highest BCUT2D eigenvalue weighted by atomic mass is 35.5. The maximum absolute atomic E-state index is 11.6.